The summed E-state index contributed by atoms with van der Waals surface area (Å²) in [4.78, 5) is 27.5. The van der Waals surface area contributed by atoms with Gasteiger partial charge in [0.1, 0.15) is 17.9 Å². The lowest BCUT2D eigenvalue weighted by Gasteiger charge is -2.26. The number of para-hydroxylation sites is 1. The summed E-state index contributed by atoms with van der Waals surface area (Å²) in [5.74, 6) is 0.0850. The normalized spacial score (nSPS) is 17.0. The summed E-state index contributed by atoms with van der Waals surface area (Å²) in [6, 6.07) is 8.38. The van der Waals surface area contributed by atoms with E-state index >= 15 is 0 Å². The van der Waals surface area contributed by atoms with Crippen molar-refractivity contribution >= 4 is 11.8 Å². The van der Waals surface area contributed by atoms with Crippen molar-refractivity contribution in [2.75, 3.05) is 27.2 Å². The van der Waals surface area contributed by atoms with Crippen molar-refractivity contribution in [2.45, 2.75) is 18.9 Å². The Hall–Kier alpha value is -2.55. The highest BCUT2D eigenvalue weighted by atomic mass is 16.5. The van der Waals surface area contributed by atoms with Crippen LogP contribution in [-0.4, -0.2) is 54.9 Å². The molecule has 6 nitrogen and oxygen atoms in total. The number of likely N-dealkylation sites (N-methyl/N-ethyl adjacent to an activating group) is 1. The maximum atomic E-state index is 12.3. The summed E-state index contributed by atoms with van der Waals surface area (Å²) in [6.45, 7) is 0.391. The average molecular weight is 301 g/mol. The monoisotopic (exact) mass is 301 g/mol. The number of hydrogen-bond acceptors (Lipinski definition) is 4. The number of hydrogen-bond donors (Lipinski definition) is 0. The molecule has 1 aromatic rings. The van der Waals surface area contributed by atoms with Crippen LogP contribution in [0.2, 0.25) is 0 Å². The van der Waals surface area contributed by atoms with E-state index in [2.05, 4.69) is 0 Å². The minimum absolute atomic E-state index is 0.0664. The van der Waals surface area contributed by atoms with E-state index in [-0.39, 0.29) is 18.4 Å². The molecule has 1 atom stereocenters. The maximum absolute atomic E-state index is 12.3. The predicted octanol–water partition coefficient (Wildman–Crippen LogP) is 1.02. The molecule has 0 unspecified atom stereocenters. The third-order valence-corrected chi connectivity index (χ3v) is 3.66. The molecule has 1 aliphatic rings. The van der Waals surface area contributed by atoms with E-state index < -0.39 is 6.04 Å². The molecule has 0 aliphatic carbocycles. The van der Waals surface area contributed by atoms with Crippen LogP contribution in [-0.2, 0) is 9.59 Å². The molecule has 0 N–H and O–H groups in total. The lowest BCUT2D eigenvalue weighted by molar-refractivity contribution is -0.143. The van der Waals surface area contributed by atoms with Gasteiger partial charge in [-0.3, -0.25) is 9.59 Å². The summed E-state index contributed by atoms with van der Waals surface area (Å²) in [6.07, 6.45) is 1.49. The van der Waals surface area contributed by atoms with E-state index in [0.29, 0.717) is 24.3 Å². The zero-order chi connectivity index (χ0) is 16.1. The van der Waals surface area contributed by atoms with Crippen LogP contribution < -0.4 is 4.74 Å². The lowest BCUT2D eigenvalue weighted by atomic mass is 10.2. The Labute approximate surface area is 129 Å². The molecule has 116 valence electrons. The Balaban J connectivity index is 2.00. The van der Waals surface area contributed by atoms with Crippen LogP contribution in [0.5, 0.6) is 5.75 Å². The number of benzene rings is 1. The number of carbonyl (C=O) groups is 2. The quantitative estimate of drug-likeness (QED) is 0.832. The van der Waals surface area contributed by atoms with Crippen LogP contribution in [0.4, 0.5) is 0 Å². The number of amides is 2. The first kappa shape index (κ1) is 15.8. The molecule has 22 heavy (non-hydrogen) atoms. The van der Waals surface area contributed by atoms with Crippen molar-refractivity contribution in [3.63, 3.8) is 0 Å². The van der Waals surface area contributed by atoms with Gasteiger partial charge in [0.2, 0.25) is 5.91 Å². The SMILES string of the molecule is CN(C)C(=O)[C@@H]1CCCN1C(=O)COc1ccccc1C#N. The lowest BCUT2D eigenvalue weighted by Crippen LogP contribution is -2.47. The molecule has 0 saturated carbocycles. The maximum Gasteiger partial charge on any atom is 0.261 e. The molecule has 1 heterocycles. The molecule has 6 heteroatoms. The van der Waals surface area contributed by atoms with Crippen molar-refractivity contribution in [1.82, 2.24) is 9.80 Å². The van der Waals surface area contributed by atoms with Gasteiger partial charge in [0, 0.05) is 20.6 Å². The van der Waals surface area contributed by atoms with Crippen molar-refractivity contribution in [2.24, 2.45) is 0 Å². The fourth-order valence-electron chi connectivity index (χ4n) is 2.53. The van der Waals surface area contributed by atoms with E-state index in [1.54, 1.807) is 43.3 Å². The van der Waals surface area contributed by atoms with E-state index in [1.807, 2.05) is 6.07 Å². The molecule has 0 spiro atoms. The molecule has 0 aromatic heterocycles. The van der Waals surface area contributed by atoms with Gasteiger partial charge in [-0.05, 0) is 25.0 Å². The predicted molar refractivity (Wildman–Crippen MR) is 80.1 cm³/mol. The number of rotatable bonds is 4. The van der Waals surface area contributed by atoms with Gasteiger partial charge in [0.05, 0.1) is 5.56 Å². The third-order valence-electron chi connectivity index (χ3n) is 3.66. The van der Waals surface area contributed by atoms with Gasteiger partial charge >= 0.3 is 0 Å². The average Bonchev–Trinajstić information content (AvgIpc) is 3.01. The van der Waals surface area contributed by atoms with Crippen LogP contribution in [0.3, 0.4) is 0 Å². The van der Waals surface area contributed by atoms with Crippen molar-refractivity contribution in [3.05, 3.63) is 29.8 Å². The molecule has 1 aromatic carbocycles. The zero-order valence-electron chi connectivity index (χ0n) is 12.8. The molecular formula is C16H19N3O3. The highest BCUT2D eigenvalue weighted by Crippen LogP contribution is 2.20. The first-order valence-corrected chi connectivity index (χ1v) is 7.17. The molecule has 0 bridgehead atoms. The summed E-state index contributed by atoms with van der Waals surface area (Å²) < 4.78 is 5.45. The molecule has 1 saturated heterocycles. The second kappa shape index (κ2) is 6.94. The Morgan fingerprint density at radius 3 is 2.82 bits per heavy atom. The standard InChI is InChI=1S/C16H19N3O3/c1-18(2)16(21)13-7-5-9-19(13)15(20)11-22-14-8-4-3-6-12(14)10-17/h3-4,6,8,13H,5,7,9,11H2,1-2H3/t13-/m0/s1. The first-order valence-electron chi connectivity index (χ1n) is 7.17. The van der Waals surface area contributed by atoms with E-state index in [4.69, 9.17) is 10.00 Å². The third kappa shape index (κ3) is 3.37. The van der Waals surface area contributed by atoms with Gasteiger partial charge < -0.3 is 14.5 Å². The molecule has 2 rings (SSSR count). The second-order valence-corrected chi connectivity index (χ2v) is 5.37. The van der Waals surface area contributed by atoms with Crippen LogP contribution in [0, 0.1) is 11.3 Å². The molecule has 1 fully saturated rings. The summed E-state index contributed by atoms with van der Waals surface area (Å²) in [7, 11) is 3.37. The Morgan fingerprint density at radius 1 is 1.41 bits per heavy atom. The number of nitrogens with zero attached hydrogens (tertiary/aromatic N) is 3. The number of carbonyl (C=O) groups excluding carboxylic acids is 2. The molecule has 2 amide bonds. The number of nitriles is 1. The topological polar surface area (TPSA) is 73.6 Å². The Kier molecular flexibility index (Phi) is 4.99. The van der Waals surface area contributed by atoms with E-state index in [9.17, 15) is 9.59 Å². The minimum Gasteiger partial charge on any atom is -0.482 e. The van der Waals surface area contributed by atoms with Crippen molar-refractivity contribution in [1.29, 1.82) is 5.26 Å². The summed E-state index contributed by atoms with van der Waals surface area (Å²) >= 11 is 0. The highest BCUT2D eigenvalue weighted by Gasteiger charge is 2.34. The summed E-state index contributed by atoms with van der Waals surface area (Å²) in [5, 5.41) is 9.00. The second-order valence-electron chi connectivity index (χ2n) is 5.37. The zero-order valence-corrected chi connectivity index (χ0v) is 12.8. The van der Waals surface area contributed by atoms with Crippen molar-refractivity contribution in [3.8, 4) is 11.8 Å². The first-order chi connectivity index (χ1) is 10.5. The molecule has 0 radical (unpaired) electrons. The van der Waals surface area contributed by atoms with Gasteiger partial charge in [0.15, 0.2) is 6.61 Å². The Bertz CT molecular complexity index is 607. The van der Waals surface area contributed by atoms with Gasteiger partial charge in [-0.1, -0.05) is 12.1 Å². The van der Waals surface area contributed by atoms with Gasteiger partial charge in [0.25, 0.3) is 5.91 Å². The fourth-order valence-corrected chi connectivity index (χ4v) is 2.53. The van der Waals surface area contributed by atoms with Gasteiger partial charge in [-0.2, -0.15) is 5.26 Å². The minimum atomic E-state index is -0.405. The van der Waals surface area contributed by atoms with Crippen LogP contribution >= 0.6 is 0 Å². The largest absolute Gasteiger partial charge is 0.482 e. The van der Waals surface area contributed by atoms with Crippen LogP contribution in [0.1, 0.15) is 18.4 Å². The highest BCUT2D eigenvalue weighted by molar-refractivity contribution is 5.88. The van der Waals surface area contributed by atoms with E-state index in [1.165, 1.54) is 4.90 Å². The fraction of sp³-hybridized carbons (Fsp3) is 0.438. The van der Waals surface area contributed by atoms with Crippen molar-refractivity contribution < 1.29 is 14.3 Å². The Morgan fingerprint density at radius 2 is 2.14 bits per heavy atom. The summed E-state index contributed by atoms with van der Waals surface area (Å²) in [5.41, 5.74) is 0.387. The molecular weight excluding hydrogens is 282 g/mol. The smallest absolute Gasteiger partial charge is 0.261 e. The number of ether oxygens (including phenoxy) is 1. The van der Waals surface area contributed by atoms with E-state index in [0.717, 1.165) is 6.42 Å². The van der Waals surface area contributed by atoms with Gasteiger partial charge in [-0.25, -0.2) is 0 Å². The van der Waals surface area contributed by atoms with Gasteiger partial charge in [-0.15, -0.1) is 0 Å². The molecule has 1 aliphatic heterocycles. The van der Waals surface area contributed by atoms with Crippen LogP contribution in [0.25, 0.3) is 0 Å². The number of likely N-dealkylation sites (tertiary alicyclic amines) is 1. The van der Waals surface area contributed by atoms with Crippen LogP contribution in [0.15, 0.2) is 24.3 Å².